The average molecular weight is 272 g/mol. The first-order chi connectivity index (χ1) is 9.59. The van der Waals surface area contributed by atoms with E-state index in [2.05, 4.69) is 19.1 Å². The number of hydrogen-bond acceptors (Lipinski definition) is 2. The molecule has 2 fully saturated rings. The molecule has 108 valence electrons. The largest absolute Gasteiger partial charge is 0.393 e. The van der Waals surface area contributed by atoms with Gasteiger partial charge in [-0.05, 0) is 72.8 Å². The van der Waals surface area contributed by atoms with Crippen LogP contribution in [-0.4, -0.2) is 17.0 Å². The highest BCUT2D eigenvalue weighted by Gasteiger charge is 2.54. The van der Waals surface area contributed by atoms with E-state index in [4.69, 9.17) is 0 Å². The average Bonchev–Trinajstić information content (AvgIpc) is 2.74. The molecule has 0 aliphatic heterocycles. The Morgan fingerprint density at radius 1 is 1.25 bits per heavy atom. The summed E-state index contributed by atoms with van der Waals surface area (Å²) < 4.78 is 0. The Kier molecular flexibility index (Phi) is 2.76. The Morgan fingerprint density at radius 3 is 2.95 bits per heavy atom. The first kappa shape index (κ1) is 12.8. The number of carbonyl (C=O) groups excluding carboxylic acids is 1. The summed E-state index contributed by atoms with van der Waals surface area (Å²) in [7, 11) is 0. The molecule has 2 heteroatoms. The van der Waals surface area contributed by atoms with Crippen molar-refractivity contribution in [1.29, 1.82) is 0 Å². The fourth-order valence-corrected chi connectivity index (χ4v) is 5.63. The first-order valence-corrected chi connectivity index (χ1v) is 8.20. The molecular formula is C18H24O2. The first-order valence-electron chi connectivity index (χ1n) is 8.20. The second-order valence-electron chi connectivity index (χ2n) is 7.60. The number of fused-ring (bicyclic) bond motifs is 5. The van der Waals surface area contributed by atoms with E-state index in [1.807, 2.05) is 6.08 Å². The number of aliphatic hydroxyl groups excluding tert-OH is 1. The predicted octanol–water partition coefficient (Wildman–Crippen LogP) is 3.27. The van der Waals surface area contributed by atoms with Crippen molar-refractivity contribution in [2.75, 3.05) is 0 Å². The van der Waals surface area contributed by atoms with Gasteiger partial charge in [0.15, 0.2) is 5.78 Å². The molecule has 0 heterocycles. The van der Waals surface area contributed by atoms with Crippen molar-refractivity contribution >= 4 is 5.78 Å². The van der Waals surface area contributed by atoms with E-state index in [1.165, 1.54) is 18.4 Å². The van der Waals surface area contributed by atoms with E-state index >= 15 is 0 Å². The lowest BCUT2D eigenvalue weighted by Crippen LogP contribution is -2.46. The van der Waals surface area contributed by atoms with Gasteiger partial charge in [-0.3, -0.25) is 4.79 Å². The lowest BCUT2D eigenvalue weighted by Gasteiger charge is -2.51. The van der Waals surface area contributed by atoms with E-state index in [1.54, 1.807) is 0 Å². The van der Waals surface area contributed by atoms with E-state index < -0.39 is 0 Å². The Bertz CT molecular complexity index is 504. The molecule has 4 unspecified atom stereocenters. The molecule has 4 aliphatic carbocycles. The molecule has 4 aliphatic rings. The number of hydrogen-bond donors (Lipinski definition) is 1. The molecule has 0 spiro atoms. The van der Waals surface area contributed by atoms with Crippen LogP contribution in [0.2, 0.25) is 0 Å². The van der Waals surface area contributed by atoms with Crippen molar-refractivity contribution in [2.24, 2.45) is 29.1 Å². The number of rotatable bonds is 0. The van der Waals surface area contributed by atoms with Gasteiger partial charge in [0.05, 0.1) is 6.10 Å². The summed E-state index contributed by atoms with van der Waals surface area (Å²) in [4.78, 5) is 11.6. The molecular weight excluding hydrogens is 248 g/mol. The standard InChI is InChI=1S/C18H24O2/c1-18-9-8-14-13-5-3-12(19)10-11(13)2-4-15(14)16(18)6-7-17(18)20/h2,4,10,13-17,20H,3,5-9H2,1H3/t13?,14?,15?,16?,17-,18-/m0/s1. The van der Waals surface area contributed by atoms with Crippen LogP contribution >= 0.6 is 0 Å². The minimum absolute atomic E-state index is 0.105. The van der Waals surface area contributed by atoms with Crippen LogP contribution in [0.5, 0.6) is 0 Å². The highest BCUT2D eigenvalue weighted by molar-refractivity contribution is 5.91. The Balaban J connectivity index is 1.69. The van der Waals surface area contributed by atoms with Crippen LogP contribution < -0.4 is 0 Å². The van der Waals surface area contributed by atoms with Gasteiger partial charge in [0, 0.05) is 6.42 Å². The fraction of sp³-hybridized carbons (Fsp3) is 0.722. The third kappa shape index (κ3) is 1.64. The molecule has 0 aromatic rings. The highest BCUT2D eigenvalue weighted by atomic mass is 16.3. The highest BCUT2D eigenvalue weighted by Crippen LogP contribution is 2.60. The zero-order valence-corrected chi connectivity index (χ0v) is 12.2. The zero-order chi connectivity index (χ0) is 13.9. The summed E-state index contributed by atoms with van der Waals surface area (Å²) in [5, 5.41) is 10.4. The van der Waals surface area contributed by atoms with Gasteiger partial charge in [0.25, 0.3) is 0 Å². The van der Waals surface area contributed by atoms with Gasteiger partial charge in [-0.25, -0.2) is 0 Å². The monoisotopic (exact) mass is 272 g/mol. The maximum absolute atomic E-state index is 11.6. The van der Waals surface area contributed by atoms with E-state index in [9.17, 15) is 9.90 Å². The second-order valence-corrected chi connectivity index (χ2v) is 7.60. The molecule has 0 radical (unpaired) electrons. The fourth-order valence-electron chi connectivity index (χ4n) is 5.63. The molecule has 6 atom stereocenters. The van der Waals surface area contributed by atoms with E-state index in [0.717, 1.165) is 25.7 Å². The molecule has 20 heavy (non-hydrogen) atoms. The summed E-state index contributed by atoms with van der Waals surface area (Å²) in [5.74, 6) is 2.89. The minimum Gasteiger partial charge on any atom is -0.393 e. The number of allylic oxidation sites excluding steroid dienone is 4. The van der Waals surface area contributed by atoms with Crippen molar-refractivity contribution in [3.63, 3.8) is 0 Å². The van der Waals surface area contributed by atoms with Gasteiger partial charge < -0.3 is 5.11 Å². The van der Waals surface area contributed by atoms with Gasteiger partial charge in [0.1, 0.15) is 0 Å². The van der Waals surface area contributed by atoms with Crippen molar-refractivity contribution in [3.8, 4) is 0 Å². The summed E-state index contributed by atoms with van der Waals surface area (Å²) in [6.07, 6.45) is 12.7. The Morgan fingerprint density at radius 2 is 2.10 bits per heavy atom. The smallest absolute Gasteiger partial charge is 0.155 e. The molecule has 0 amide bonds. The van der Waals surface area contributed by atoms with Crippen LogP contribution in [0, 0.1) is 29.1 Å². The lowest BCUT2D eigenvalue weighted by molar-refractivity contribution is -0.115. The minimum atomic E-state index is -0.105. The maximum atomic E-state index is 11.6. The van der Waals surface area contributed by atoms with Gasteiger partial charge >= 0.3 is 0 Å². The summed E-state index contributed by atoms with van der Waals surface area (Å²) in [6, 6.07) is 0. The number of aliphatic hydroxyl groups is 1. The zero-order valence-electron chi connectivity index (χ0n) is 12.2. The quantitative estimate of drug-likeness (QED) is 0.735. The van der Waals surface area contributed by atoms with Crippen LogP contribution in [0.15, 0.2) is 23.8 Å². The summed E-state index contributed by atoms with van der Waals surface area (Å²) in [5.41, 5.74) is 1.42. The number of carbonyl (C=O) groups is 1. The van der Waals surface area contributed by atoms with Crippen molar-refractivity contribution in [1.82, 2.24) is 0 Å². The molecule has 0 aromatic heterocycles. The molecule has 2 nitrogen and oxygen atoms in total. The third-order valence-electron chi connectivity index (χ3n) is 6.82. The van der Waals surface area contributed by atoms with Crippen LogP contribution in [0.3, 0.4) is 0 Å². The Hall–Kier alpha value is -0.890. The van der Waals surface area contributed by atoms with E-state index in [-0.39, 0.29) is 11.5 Å². The summed E-state index contributed by atoms with van der Waals surface area (Å²) >= 11 is 0. The maximum Gasteiger partial charge on any atom is 0.155 e. The van der Waals surface area contributed by atoms with Gasteiger partial charge in [-0.2, -0.15) is 0 Å². The second kappa shape index (κ2) is 4.30. The molecule has 0 aromatic carbocycles. The van der Waals surface area contributed by atoms with Crippen LogP contribution in [0.25, 0.3) is 0 Å². The van der Waals surface area contributed by atoms with Crippen LogP contribution in [-0.2, 0) is 4.79 Å². The number of ketones is 1. The molecule has 2 saturated carbocycles. The molecule has 0 bridgehead atoms. The predicted molar refractivity (Wildman–Crippen MR) is 78.0 cm³/mol. The molecule has 1 N–H and O–H groups in total. The molecule has 4 rings (SSSR count). The van der Waals surface area contributed by atoms with Gasteiger partial charge in [0.2, 0.25) is 0 Å². The van der Waals surface area contributed by atoms with Crippen molar-refractivity contribution < 1.29 is 9.90 Å². The van der Waals surface area contributed by atoms with Crippen LogP contribution in [0.1, 0.15) is 45.4 Å². The SMILES string of the molecule is C[C@]12CCC3C4CCC(=O)C=C4C=CC3C1CC[C@@H]2O. The third-order valence-corrected chi connectivity index (χ3v) is 6.82. The van der Waals surface area contributed by atoms with Crippen molar-refractivity contribution in [2.45, 2.75) is 51.6 Å². The summed E-state index contributed by atoms with van der Waals surface area (Å²) in [6.45, 7) is 2.30. The van der Waals surface area contributed by atoms with Crippen LogP contribution in [0.4, 0.5) is 0 Å². The van der Waals surface area contributed by atoms with Crippen molar-refractivity contribution in [3.05, 3.63) is 23.8 Å². The van der Waals surface area contributed by atoms with Gasteiger partial charge in [-0.1, -0.05) is 19.1 Å². The van der Waals surface area contributed by atoms with Gasteiger partial charge in [-0.15, -0.1) is 0 Å². The lowest BCUT2D eigenvalue weighted by atomic mass is 9.54. The van der Waals surface area contributed by atoms with E-state index in [0.29, 0.717) is 29.5 Å². The normalized spacial score (nSPS) is 50.2. The Labute approximate surface area is 120 Å². The molecule has 0 saturated heterocycles. The topological polar surface area (TPSA) is 37.3 Å².